The van der Waals surface area contributed by atoms with E-state index < -0.39 is 10.0 Å². The quantitative estimate of drug-likeness (QED) is 0.419. The summed E-state index contributed by atoms with van der Waals surface area (Å²) in [5.74, 6) is 0. The topological polar surface area (TPSA) is 96.6 Å². The van der Waals surface area contributed by atoms with Crippen LogP contribution in [0.4, 0.5) is 5.69 Å². The van der Waals surface area contributed by atoms with Crippen molar-refractivity contribution < 1.29 is 8.42 Å². The first-order valence-corrected chi connectivity index (χ1v) is 9.51. The smallest absolute Gasteiger partial charge is 0.238 e. The van der Waals surface area contributed by atoms with Gasteiger partial charge in [0.15, 0.2) is 5.11 Å². The molecule has 0 amide bonds. The number of rotatable bonds is 4. The molecule has 0 aliphatic heterocycles. The van der Waals surface area contributed by atoms with Gasteiger partial charge in [-0.3, -0.25) is 5.43 Å². The van der Waals surface area contributed by atoms with Crippen LogP contribution in [-0.4, -0.2) is 19.2 Å². The average molecular weight is 397 g/mol. The van der Waals surface area contributed by atoms with Crippen LogP contribution in [0.1, 0.15) is 18.1 Å². The Morgan fingerprint density at radius 2 is 1.84 bits per heavy atom. The van der Waals surface area contributed by atoms with Crippen molar-refractivity contribution in [2.24, 2.45) is 10.2 Å². The number of nitrogens with one attached hydrogen (secondary N) is 2. The minimum Gasteiger partial charge on any atom is -0.331 e. The molecule has 0 bridgehead atoms. The third-order valence-corrected chi connectivity index (χ3v) is 4.97. The Hall–Kier alpha value is -2.00. The molecule has 2 aromatic carbocycles. The lowest BCUT2D eigenvalue weighted by Gasteiger charge is -2.11. The van der Waals surface area contributed by atoms with Crippen LogP contribution in [0.2, 0.25) is 5.02 Å². The number of thiocarbonyl (C=S) groups is 1. The standard InChI is InChI=1S/C16H17ClN4O2S2/c1-10-14(17)4-3-5-15(10)19-16(24)21-20-11(2)12-6-8-13(9-7-12)25(18,22)23/h3-9H,1-2H3,(H2,18,22,23)(H2,19,21,24)/b20-11+. The van der Waals surface area contributed by atoms with Gasteiger partial charge in [-0.2, -0.15) is 5.10 Å². The predicted molar refractivity (Wildman–Crippen MR) is 106 cm³/mol. The Kier molecular flexibility index (Phi) is 6.12. The molecule has 0 heterocycles. The van der Waals surface area contributed by atoms with Gasteiger partial charge in [0, 0.05) is 10.7 Å². The molecule has 0 fully saturated rings. The summed E-state index contributed by atoms with van der Waals surface area (Å²) in [4.78, 5) is 0.0469. The van der Waals surface area contributed by atoms with Gasteiger partial charge >= 0.3 is 0 Å². The van der Waals surface area contributed by atoms with E-state index in [-0.39, 0.29) is 4.90 Å². The lowest BCUT2D eigenvalue weighted by Crippen LogP contribution is -2.25. The van der Waals surface area contributed by atoms with Gasteiger partial charge in [0.05, 0.1) is 10.6 Å². The van der Waals surface area contributed by atoms with Crippen LogP contribution in [0.25, 0.3) is 0 Å². The predicted octanol–water partition coefficient (Wildman–Crippen LogP) is 3.01. The summed E-state index contributed by atoms with van der Waals surface area (Å²) in [7, 11) is -3.71. The first-order chi connectivity index (χ1) is 11.7. The Bertz CT molecular complexity index is 926. The minimum atomic E-state index is -3.71. The van der Waals surface area contributed by atoms with Crippen molar-refractivity contribution in [1.82, 2.24) is 5.43 Å². The van der Waals surface area contributed by atoms with E-state index in [0.717, 1.165) is 16.8 Å². The fourth-order valence-corrected chi connectivity index (χ4v) is 2.82. The third-order valence-electron chi connectivity index (χ3n) is 3.44. The number of halogens is 1. The average Bonchev–Trinajstić information content (AvgIpc) is 2.56. The number of primary sulfonamides is 1. The van der Waals surface area contributed by atoms with Crippen LogP contribution >= 0.6 is 23.8 Å². The molecule has 2 aromatic rings. The van der Waals surface area contributed by atoms with Gasteiger partial charge in [-0.15, -0.1) is 0 Å². The molecule has 0 saturated heterocycles. The van der Waals surface area contributed by atoms with E-state index in [9.17, 15) is 8.42 Å². The zero-order valence-corrected chi connectivity index (χ0v) is 16.0. The monoisotopic (exact) mass is 396 g/mol. The highest BCUT2D eigenvalue weighted by Gasteiger charge is 2.08. The summed E-state index contributed by atoms with van der Waals surface area (Å²) in [6.45, 7) is 3.65. The number of hydrogen-bond acceptors (Lipinski definition) is 4. The van der Waals surface area contributed by atoms with Gasteiger partial charge in [-0.1, -0.05) is 29.8 Å². The zero-order chi connectivity index (χ0) is 18.6. The van der Waals surface area contributed by atoms with Crippen LogP contribution in [0, 0.1) is 6.92 Å². The third kappa shape index (κ3) is 5.23. The van der Waals surface area contributed by atoms with E-state index in [2.05, 4.69) is 15.8 Å². The molecule has 0 radical (unpaired) electrons. The molecule has 2 rings (SSSR count). The molecule has 25 heavy (non-hydrogen) atoms. The lowest BCUT2D eigenvalue weighted by atomic mass is 10.1. The van der Waals surface area contributed by atoms with Crippen molar-refractivity contribution >= 4 is 50.4 Å². The normalized spacial score (nSPS) is 11.9. The summed E-state index contributed by atoms with van der Waals surface area (Å²) < 4.78 is 22.5. The molecule has 0 aromatic heterocycles. The number of nitrogens with two attached hydrogens (primary N) is 1. The molecule has 0 atom stereocenters. The Labute approximate surface area is 157 Å². The molecular formula is C16H17ClN4O2S2. The summed E-state index contributed by atoms with van der Waals surface area (Å²) >= 11 is 11.3. The second kappa shape index (κ2) is 7.92. The molecule has 4 N–H and O–H groups in total. The van der Waals surface area contributed by atoms with Crippen molar-refractivity contribution in [3.05, 3.63) is 58.6 Å². The van der Waals surface area contributed by atoms with Crippen molar-refractivity contribution in [2.75, 3.05) is 5.32 Å². The van der Waals surface area contributed by atoms with Crippen molar-refractivity contribution in [1.29, 1.82) is 0 Å². The summed E-state index contributed by atoms with van der Waals surface area (Å²) in [6, 6.07) is 11.6. The molecule has 0 aliphatic carbocycles. The van der Waals surface area contributed by atoms with Gasteiger partial charge < -0.3 is 5.32 Å². The molecule has 132 valence electrons. The summed E-state index contributed by atoms with van der Waals surface area (Å²) in [5, 5.41) is 13.2. The van der Waals surface area contributed by atoms with Gasteiger partial charge in [-0.25, -0.2) is 13.6 Å². The zero-order valence-electron chi connectivity index (χ0n) is 13.6. The van der Waals surface area contributed by atoms with Crippen LogP contribution in [-0.2, 0) is 10.0 Å². The van der Waals surface area contributed by atoms with Crippen LogP contribution in [0.3, 0.4) is 0 Å². The molecular weight excluding hydrogens is 380 g/mol. The Morgan fingerprint density at radius 3 is 2.44 bits per heavy atom. The molecule has 0 spiro atoms. The van der Waals surface area contributed by atoms with Gasteiger partial charge in [-0.05, 0) is 61.5 Å². The maximum absolute atomic E-state index is 11.3. The molecule has 9 heteroatoms. The number of nitrogens with zero attached hydrogens (tertiary/aromatic N) is 1. The molecule has 0 aliphatic rings. The van der Waals surface area contributed by atoms with E-state index in [1.54, 1.807) is 25.1 Å². The molecule has 0 unspecified atom stereocenters. The van der Waals surface area contributed by atoms with Crippen LogP contribution in [0.5, 0.6) is 0 Å². The number of hydrazone groups is 1. The number of sulfonamides is 1. The van der Waals surface area contributed by atoms with E-state index >= 15 is 0 Å². The van der Waals surface area contributed by atoms with E-state index in [4.69, 9.17) is 29.0 Å². The maximum Gasteiger partial charge on any atom is 0.238 e. The largest absolute Gasteiger partial charge is 0.331 e. The highest BCUT2D eigenvalue weighted by atomic mass is 35.5. The number of benzene rings is 2. The molecule has 0 saturated carbocycles. The first-order valence-electron chi connectivity index (χ1n) is 7.18. The van der Waals surface area contributed by atoms with Gasteiger partial charge in [0.1, 0.15) is 0 Å². The number of anilines is 1. The van der Waals surface area contributed by atoms with Crippen molar-refractivity contribution in [3.63, 3.8) is 0 Å². The summed E-state index contributed by atoms with van der Waals surface area (Å²) in [6.07, 6.45) is 0. The second-order valence-corrected chi connectivity index (χ2v) is 7.62. The second-order valence-electron chi connectivity index (χ2n) is 5.24. The van der Waals surface area contributed by atoms with Gasteiger partial charge in [0.2, 0.25) is 10.0 Å². The van der Waals surface area contributed by atoms with Crippen molar-refractivity contribution in [2.45, 2.75) is 18.7 Å². The van der Waals surface area contributed by atoms with E-state index in [1.165, 1.54) is 12.1 Å². The van der Waals surface area contributed by atoms with Crippen LogP contribution in [0.15, 0.2) is 52.5 Å². The highest BCUT2D eigenvalue weighted by molar-refractivity contribution is 7.89. The van der Waals surface area contributed by atoms with Crippen molar-refractivity contribution in [3.8, 4) is 0 Å². The number of hydrogen-bond donors (Lipinski definition) is 3. The maximum atomic E-state index is 11.3. The molecule has 6 nitrogen and oxygen atoms in total. The van der Waals surface area contributed by atoms with Gasteiger partial charge in [0.25, 0.3) is 0 Å². The first kappa shape index (κ1) is 19.3. The lowest BCUT2D eigenvalue weighted by molar-refractivity contribution is 0.598. The van der Waals surface area contributed by atoms with E-state index in [0.29, 0.717) is 15.8 Å². The Morgan fingerprint density at radius 1 is 1.20 bits per heavy atom. The van der Waals surface area contributed by atoms with E-state index in [1.807, 2.05) is 19.1 Å². The minimum absolute atomic E-state index is 0.0469. The summed E-state index contributed by atoms with van der Waals surface area (Å²) in [5.41, 5.74) is 5.78. The SMILES string of the molecule is C/C(=N\NC(=S)Nc1cccc(Cl)c1C)c1ccc(S(N)(=O)=O)cc1. The Balaban J connectivity index is 2.05. The fraction of sp³-hybridized carbons (Fsp3) is 0.125. The fourth-order valence-electron chi connectivity index (χ4n) is 1.98. The highest BCUT2D eigenvalue weighted by Crippen LogP contribution is 2.22. The van der Waals surface area contributed by atoms with Crippen LogP contribution < -0.4 is 15.9 Å².